The van der Waals surface area contributed by atoms with Crippen molar-refractivity contribution in [2.24, 2.45) is 0 Å². The smallest absolute Gasteiger partial charge is 0.263 e. The molecule has 0 aliphatic carbocycles. The lowest BCUT2D eigenvalue weighted by Gasteiger charge is -2.34. The van der Waals surface area contributed by atoms with E-state index in [1.165, 1.54) is 16.7 Å². The van der Waals surface area contributed by atoms with E-state index in [9.17, 15) is 9.59 Å². The van der Waals surface area contributed by atoms with E-state index in [4.69, 9.17) is 0 Å². The number of thioether (sulfide) groups is 1. The molecule has 112 valence electrons. The minimum Gasteiger partial charge on any atom is -0.269 e. The summed E-state index contributed by atoms with van der Waals surface area (Å²) in [6.07, 6.45) is 1.92. The molecule has 0 radical (unpaired) electrons. The van der Waals surface area contributed by atoms with Gasteiger partial charge in [0.05, 0.1) is 16.7 Å². The van der Waals surface area contributed by atoms with Crippen LogP contribution in [0.1, 0.15) is 40.1 Å². The maximum absolute atomic E-state index is 12.9. The van der Waals surface area contributed by atoms with Gasteiger partial charge < -0.3 is 0 Å². The van der Waals surface area contributed by atoms with Crippen LogP contribution >= 0.6 is 11.8 Å². The molecule has 4 heteroatoms. The number of benzene rings is 2. The van der Waals surface area contributed by atoms with E-state index in [1.54, 1.807) is 6.07 Å². The number of carbonyl (C=O) groups excluding carboxylic acids is 2. The predicted octanol–water partition coefficient (Wildman–Crippen LogP) is 3.94. The van der Waals surface area contributed by atoms with E-state index >= 15 is 0 Å². The van der Waals surface area contributed by atoms with Crippen LogP contribution in [0.3, 0.4) is 0 Å². The number of imide groups is 1. The van der Waals surface area contributed by atoms with E-state index in [-0.39, 0.29) is 11.8 Å². The molecule has 2 aromatic carbocycles. The fraction of sp³-hybridized carbons (Fsp3) is 0.222. The van der Waals surface area contributed by atoms with Crippen molar-refractivity contribution in [3.63, 3.8) is 0 Å². The summed E-state index contributed by atoms with van der Waals surface area (Å²) in [5, 5.41) is 0. The molecule has 0 fully saturated rings. The molecule has 0 N–H and O–H groups in total. The summed E-state index contributed by atoms with van der Waals surface area (Å²) in [6, 6.07) is 15.1. The van der Waals surface area contributed by atoms with Crippen LogP contribution in [0.4, 0.5) is 0 Å². The lowest BCUT2D eigenvalue weighted by atomic mass is 9.92. The van der Waals surface area contributed by atoms with Gasteiger partial charge in [0.1, 0.15) is 0 Å². The highest BCUT2D eigenvalue weighted by Gasteiger charge is 2.45. The molecular formula is C18H17NO2S. The Labute approximate surface area is 134 Å². The molecule has 22 heavy (non-hydrogen) atoms. The van der Waals surface area contributed by atoms with E-state index in [0.717, 1.165) is 10.5 Å². The van der Waals surface area contributed by atoms with Crippen LogP contribution in [-0.4, -0.2) is 23.0 Å². The Morgan fingerprint density at radius 3 is 2.23 bits per heavy atom. The third kappa shape index (κ3) is 2.06. The lowest BCUT2D eigenvalue weighted by molar-refractivity contribution is 0.0474. The molecular weight excluding hydrogens is 294 g/mol. The van der Waals surface area contributed by atoms with Gasteiger partial charge >= 0.3 is 0 Å². The number of rotatable bonds is 3. The number of carbonyl (C=O) groups is 2. The maximum Gasteiger partial charge on any atom is 0.263 e. The number of hydrogen-bond donors (Lipinski definition) is 0. The van der Waals surface area contributed by atoms with Crippen LogP contribution in [0.5, 0.6) is 0 Å². The van der Waals surface area contributed by atoms with Gasteiger partial charge in [-0.1, -0.05) is 36.4 Å². The Morgan fingerprint density at radius 1 is 0.909 bits per heavy atom. The van der Waals surface area contributed by atoms with Gasteiger partial charge in [0, 0.05) is 4.90 Å². The third-order valence-electron chi connectivity index (χ3n) is 4.14. The number of hydrogen-bond acceptors (Lipinski definition) is 3. The van der Waals surface area contributed by atoms with Crippen molar-refractivity contribution in [3.8, 4) is 0 Å². The third-order valence-corrected chi connectivity index (χ3v) is 4.92. The summed E-state index contributed by atoms with van der Waals surface area (Å²) in [5.74, 6) is -0.427. The van der Waals surface area contributed by atoms with Gasteiger partial charge in [-0.2, -0.15) is 0 Å². The first-order valence-electron chi connectivity index (χ1n) is 7.10. The second-order valence-corrected chi connectivity index (χ2v) is 6.60. The molecule has 1 heterocycles. The molecule has 0 atom stereocenters. The van der Waals surface area contributed by atoms with Gasteiger partial charge in [0.15, 0.2) is 0 Å². The van der Waals surface area contributed by atoms with Crippen molar-refractivity contribution < 1.29 is 9.59 Å². The van der Waals surface area contributed by atoms with E-state index in [2.05, 4.69) is 0 Å². The molecule has 2 aromatic rings. The summed E-state index contributed by atoms with van der Waals surface area (Å²) >= 11 is 1.49. The summed E-state index contributed by atoms with van der Waals surface area (Å²) in [6.45, 7) is 3.81. The predicted molar refractivity (Wildman–Crippen MR) is 88.2 cm³/mol. The molecule has 0 saturated carbocycles. The summed E-state index contributed by atoms with van der Waals surface area (Å²) in [7, 11) is 0. The Hall–Kier alpha value is -2.07. The average molecular weight is 311 g/mol. The molecule has 0 saturated heterocycles. The number of fused-ring (bicyclic) bond motifs is 1. The van der Waals surface area contributed by atoms with Crippen LogP contribution in [-0.2, 0) is 5.54 Å². The van der Waals surface area contributed by atoms with Crippen molar-refractivity contribution in [3.05, 3.63) is 65.2 Å². The largest absolute Gasteiger partial charge is 0.269 e. The second-order valence-electron chi connectivity index (χ2n) is 5.75. The second kappa shape index (κ2) is 5.29. The van der Waals surface area contributed by atoms with Crippen molar-refractivity contribution in [1.29, 1.82) is 0 Å². The zero-order chi connectivity index (χ0) is 15.9. The zero-order valence-corrected chi connectivity index (χ0v) is 13.6. The highest BCUT2D eigenvalue weighted by Crippen LogP contribution is 2.38. The lowest BCUT2D eigenvalue weighted by Crippen LogP contribution is -2.45. The van der Waals surface area contributed by atoms with Gasteiger partial charge in [0.2, 0.25) is 0 Å². The maximum atomic E-state index is 12.9. The van der Waals surface area contributed by atoms with Gasteiger partial charge in [-0.3, -0.25) is 14.5 Å². The standard InChI is InChI=1S/C18H17NO2S/c1-18(2,12-8-5-4-6-9-12)19-16(20)13-10-7-11-14(22-3)15(13)17(19)21/h4-11H,1-3H3. The van der Waals surface area contributed by atoms with Gasteiger partial charge in [0.25, 0.3) is 11.8 Å². The molecule has 1 aliphatic heterocycles. The first-order valence-corrected chi connectivity index (χ1v) is 8.32. The normalized spacial score (nSPS) is 14.4. The molecule has 3 nitrogen and oxygen atoms in total. The van der Waals surface area contributed by atoms with Crippen molar-refractivity contribution in [2.45, 2.75) is 24.3 Å². The Bertz CT molecular complexity index is 753. The monoisotopic (exact) mass is 311 g/mol. The fourth-order valence-electron chi connectivity index (χ4n) is 2.91. The Balaban J connectivity index is 2.12. The number of amides is 2. The van der Waals surface area contributed by atoms with Crippen LogP contribution < -0.4 is 0 Å². The highest BCUT2D eigenvalue weighted by atomic mass is 32.2. The van der Waals surface area contributed by atoms with Crippen LogP contribution in [0.15, 0.2) is 53.4 Å². The topological polar surface area (TPSA) is 37.4 Å². The van der Waals surface area contributed by atoms with Crippen molar-refractivity contribution >= 4 is 23.6 Å². The van der Waals surface area contributed by atoms with E-state index < -0.39 is 5.54 Å². The van der Waals surface area contributed by atoms with Crippen LogP contribution in [0, 0.1) is 0 Å². The zero-order valence-electron chi connectivity index (χ0n) is 12.8. The summed E-state index contributed by atoms with van der Waals surface area (Å²) < 4.78 is 0. The fourth-order valence-corrected chi connectivity index (χ4v) is 3.52. The SMILES string of the molecule is CSc1cccc2c1C(=O)N(C(C)(C)c1ccccc1)C2=O. The van der Waals surface area contributed by atoms with Crippen LogP contribution in [0.2, 0.25) is 0 Å². The van der Waals surface area contributed by atoms with Gasteiger partial charge in [-0.15, -0.1) is 11.8 Å². The first kappa shape index (κ1) is 14.9. The molecule has 0 aromatic heterocycles. The Morgan fingerprint density at radius 2 is 1.59 bits per heavy atom. The summed E-state index contributed by atoms with van der Waals surface area (Å²) in [5.41, 5.74) is 1.28. The highest BCUT2D eigenvalue weighted by molar-refractivity contribution is 7.98. The Kier molecular flexibility index (Phi) is 3.57. The molecule has 3 rings (SSSR count). The summed E-state index contributed by atoms with van der Waals surface area (Å²) in [4.78, 5) is 27.9. The van der Waals surface area contributed by atoms with Crippen LogP contribution in [0.25, 0.3) is 0 Å². The quantitative estimate of drug-likeness (QED) is 0.636. The molecule has 1 aliphatic rings. The minimum atomic E-state index is -0.690. The molecule has 2 amide bonds. The molecule has 0 unspecified atom stereocenters. The van der Waals surface area contributed by atoms with Crippen molar-refractivity contribution in [2.75, 3.05) is 6.26 Å². The first-order chi connectivity index (χ1) is 10.5. The number of nitrogens with zero attached hydrogens (tertiary/aromatic N) is 1. The van der Waals surface area contributed by atoms with E-state index in [1.807, 2.05) is 62.6 Å². The van der Waals surface area contributed by atoms with Gasteiger partial charge in [-0.25, -0.2) is 0 Å². The molecule has 0 spiro atoms. The average Bonchev–Trinajstić information content (AvgIpc) is 2.80. The molecule has 0 bridgehead atoms. The van der Waals surface area contributed by atoms with Gasteiger partial charge in [-0.05, 0) is 37.8 Å². The van der Waals surface area contributed by atoms with Crippen molar-refractivity contribution in [1.82, 2.24) is 4.90 Å². The minimum absolute atomic E-state index is 0.209. The van der Waals surface area contributed by atoms with E-state index in [0.29, 0.717) is 11.1 Å².